The maximum absolute atomic E-state index is 8.71. The van der Waals surface area contributed by atoms with E-state index in [0.717, 1.165) is 38.3 Å². The molecule has 0 fully saturated rings. The zero-order chi connectivity index (χ0) is 13.8. The zero-order valence-corrected chi connectivity index (χ0v) is 12.0. The first kappa shape index (κ1) is 16.0. The molecule has 19 heavy (non-hydrogen) atoms. The van der Waals surface area contributed by atoms with Crippen LogP contribution in [0.4, 0.5) is 0 Å². The van der Waals surface area contributed by atoms with Gasteiger partial charge in [0, 0.05) is 13.2 Å². The van der Waals surface area contributed by atoms with Crippen molar-refractivity contribution in [3.8, 4) is 5.75 Å². The molecule has 0 saturated carbocycles. The fourth-order valence-electron chi connectivity index (χ4n) is 1.90. The van der Waals surface area contributed by atoms with Crippen LogP contribution in [0, 0.1) is 0 Å². The summed E-state index contributed by atoms with van der Waals surface area (Å²) in [6.07, 6.45) is 5.73. The van der Waals surface area contributed by atoms with Crippen LogP contribution in [0.2, 0.25) is 0 Å². The van der Waals surface area contributed by atoms with Crippen molar-refractivity contribution in [3.63, 3.8) is 0 Å². The molecule has 0 saturated heterocycles. The molecule has 3 heteroatoms. The molecule has 0 amide bonds. The van der Waals surface area contributed by atoms with Gasteiger partial charge in [0.05, 0.1) is 6.61 Å². The molecule has 1 aromatic rings. The van der Waals surface area contributed by atoms with Gasteiger partial charge in [-0.15, -0.1) is 0 Å². The third-order valence-electron chi connectivity index (χ3n) is 3.01. The summed E-state index contributed by atoms with van der Waals surface area (Å²) in [5, 5.41) is 12.0. The van der Waals surface area contributed by atoms with Crippen molar-refractivity contribution in [2.45, 2.75) is 45.6 Å². The molecule has 0 aliphatic rings. The molecule has 0 heterocycles. The van der Waals surface area contributed by atoms with Crippen molar-refractivity contribution in [2.24, 2.45) is 0 Å². The highest BCUT2D eigenvalue weighted by atomic mass is 16.5. The molecule has 108 valence electrons. The molecule has 0 radical (unpaired) electrons. The molecule has 0 bridgehead atoms. The molecule has 0 spiro atoms. The third kappa shape index (κ3) is 7.85. The Balaban J connectivity index is 2.23. The van der Waals surface area contributed by atoms with Crippen molar-refractivity contribution in [2.75, 3.05) is 19.8 Å². The number of nitrogens with one attached hydrogen (secondary N) is 1. The van der Waals surface area contributed by atoms with Crippen LogP contribution in [0.1, 0.15) is 44.6 Å². The van der Waals surface area contributed by atoms with Crippen molar-refractivity contribution < 1.29 is 9.84 Å². The van der Waals surface area contributed by atoms with Gasteiger partial charge in [-0.1, -0.05) is 38.3 Å². The van der Waals surface area contributed by atoms with E-state index in [4.69, 9.17) is 9.84 Å². The second-order valence-electron chi connectivity index (χ2n) is 4.81. The molecule has 0 aliphatic heterocycles. The van der Waals surface area contributed by atoms with Gasteiger partial charge in [0.25, 0.3) is 0 Å². The Morgan fingerprint density at radius 2 is 2.05 bits per heavy atom. The predicted octanol–water partition coefficient (Wildman–Crippen LogP) is 3.12. The van der Waals surface area contributed by atoms with E-state index < -0.39 is 0 Å². The summed E-state index contributed by atoms with van der Waals surface area (Å²) in [5.74, 6) is 0.956. The molecule has 0 unspecified atom stereocenters. The van der Waals surface area contributed by atoms with E-state index >= 15 is 0 Å². The Bertz CT molecular complexity index is 328. The van der Waals surface area contributed by atoms with E-state index in [0.29, 0.717) is 0 Å². The van der Waals surface area contributed by atoms with E-state index in [1.54, 1.807) is 0 Å². The van der Waals surface area contributed by atoms with E-state index in [-0.39, 0.29) is 6.61 Å². The van der Waals surface area contributed by atoms with Crippen molar-refractivity contribution in [1.29, 1.82) is 0 Å². The second kappa shape index (κ2) is 10.8. The minimum Gasteiger partial charge on any atom is -0.494 e. The van der Waals surface area contributed by atoms with Gasteiger partial charge >= 0.3 is 0 Å². The average molecular weight is 265 g/mol. The largest absolute Gasteiger partial charge is 0.494 e. The SMILES string of the molecule is CCCCCCOc1cccc(CNCCCO)c1. The lowest BCUT2D eigenvalue weighted by atomic mass is 10.2. The van der Waals surface area contributed by atoms with Gasteiger partial charge in [0.1, 0.15) is 5.75 Å². The summed E-state index contributed by atoms with van der Waals surface area (Å²) < 4.78 is 5.75. The number of aliphatic hydroxyl groups is 1. The van der Waals surface area contributed by atoms with Gasteiger partial charge in [-0.25, -0.2) is 0 Å². The first-order valence-electron chi connectivity index (χ1n) is 7.40. The van der Waals surface area contributed by atoms with Crippen LogP contribution in [-0.4, -0.2) is 24.9 Å². The summed E-state index contributed by atoms with van der Waals surface area (Å²) in [7, 11) is 0. The van der Waals surface area contributed by atoms with E-state index in [1.165, 1.54) is 24.8 Å². The van der Waals surface area contributed by atoms with Crippen LogP contribution < -0.4 is 10.1 Å². The minimum atomic E-state index is 0.244. The van der Waals surface area contributed by atoms with Crippen molar-refractivity contribution >= 4 is 0 Å². The summed E-state index contributed by atoms with van der Waals surface area (Å²) in [5.41, 5.74) is 1.23. The van der Waals surface area contributed by atoms with E-state index in [2.05, 4.69) is 24.4 Å². The summed E-state index contributed by atoms with van der Waals surface area (Å²) in [4.78, 5) is 0. The van der Waals surface area contributed by atoms with Gasteiger partial charge in [0.15, 0.2) is 0 Å². The molecule has 1 rings (SSSR count). The number of unbranched alkanes of at least 4 members (excludes halogenated alkanes) is 3. The third-order valence-corrected chi connectivity index (χ3v) is 3.01. The smallest absolute Gasteiger partial charge is 0.119 e. The van der Waals surface area contributed by atoms with Crippen LogP contribution in [-0.2, 0) is 6.54 Å². The first-order chi connectivity index (χ1) is 9.36. The lowest BCUT2D eigenvalue weighted by Gasteiger charge is -2.08. The van der Waals surface area contributed by atoms with Gasteiger partial charge in [-0.05, 0) is 37.1 Å². The second-order valence-corrected chi connectivity index (χ2v) is 4.81. The lowest BCUT2D eigenvalue weighted by Crippen LogP contribution is -2.15. The number of hydrogen-bond donors (Lipinski definition) is 2. The monoisotopic (exact) mass is 265 g/mol. The Kier molecular flexibility index (Phi) is 9.11. The minimum absolute atomic E-state index is 0.244. The highest BCUT2D eigenvalue weighted by Crippen LogP contribution is 2.14. The number of ether oxygens (including phenoxy) is 1. The van der Waals surface area contributed by atoms with Crippen molar-refractivity contribution in [3.05, 3.63) is 29.8 Å². The number of benzene rings is 1. The highest BCUT2D eigenvalue weighted by Gasteiger charge is 1.97. The Hall–Kier alpha value is -1.06. The Morgan fingerprint density at radius 1 is 1.16 bits per heavy atom. The van der Waals surface area contributed by atoms with Gasteiger partial charge in [-0.3, -0.25) is 0 Å². The standard InChI is InChI=1S/C16H27NO2/c1-2-3-4-5-12-19-16-9-6-8-15(13-16)14-17-10-7-11-18/h6,8-9,13,17-18H,2-5,7,10-12,14H2,1H3. The van der Waals surface area contributed by atoms with Crippen molar-refractivity contribution in [1.82, 2.24) is 5.32 Å². The molecular weight excluding hydrogens is 238 g/mol. The molecule has 0 aliphatic carbocycles. The quantitative estimate of drug-likeness (QED) is 0.604. The van der Waals surface area contributed by atoms with Crippen LogP contribution >= 0.6 is 0 Å². The van der Waals surface area contributed by atoms with Crippen LogP contribution in [0.3, 0.4) is 0 Å². The fraction of sp³-hybridized carbons (Fsp3) is 0.625. The molecule has 2 N–H and O–H groups in total. The number of hydrogen-bond acceptors (Lipinski definition) is 3. The maximum atomic E-state index is 8.71. The zero-order valence-electron chi connectivity index (χ0n) is 12.0. The van der Waals surface area contributed by atoms with Gasteiger partial charge < -0.3 is 15.2 Å². The summed E-state index contributed by atoms with van der Waals surface area (Å²) in [6, 6.07) is 8.23. The average Bonchev–Trinajstić information content (AvgIpc) is 2.44. The molecule has 0 atom stereocenters. The summed E-state index contributed by atoms with van der Waals surface area (Å²) in [6.45, 7) is 4.94. The van der Waals surface area contributed by atoms with E-state index in [9.17, 15) is 0 Å². The predicted molar refractivity (Wildman–Crippen MR) is 79.5 cm³/mol. The molecular formula is C16H27NO2. The molecule has 1 aromatic carbocycles. The Morgan fingerprint density at radius 3 is 2.84 bits per heavy atom. The molecule has 3 nitrogen and oxygen atoms in total. The van der Waals surface area contributed by atoms with Crippen LogP contribution in [0.25, 0.3) is 0 Å². The number of aliphatic hydroxyl groups excluding tert-OH is 1. The normalized spacial score (nSPS) is 10.6. The van der Waals surface area contributed by atoms with Crippen LogP contribution in [0.15, 0.2) is 24.3 Å². The summed E-state index contributed by atoms with van der Waals surface area (Å²) >= 11 is 0. The van der Waals surface area contributed by atoms with Crippen LogP contribution in [0.5, 0.6) is 5.75 Å². The van der Waals surface area contributed by atoms with Gasteiger partial charge in [-0.2, -0.15) is 0 Å². The topological polar surface area (TPSA) is 41.5 Å². The van der Waals surface area contributed by atoms with Gasteiger partial charge in [0.2, 0.25) is 0 Å². The first-order valence-corrected chi connectivity index (χ1v) is 7.40. The number of rotatable bonds is 11. The highest BCUT2D eigenvalue weighted by molar-refractivity contribution is 5.28. The fourth-order valence-corrected chi connectivity index (χ4v) is 1.90. The lowest BCUT2D eigenvalue weighted by molar-refractivity contribution is 0.286. The maximum Gasteiger partial charge on any atom is 0.119 e. The van der Waals surface area contributed by atoms with E-state index in [1.807, 2.05) is 12.1 Å². The Labute approximate surface area is 117 Å². The molecule has 0 aromatic heterocycles.